The van der Waals surface area contributed by atoms with Crippen LogP contribution in [0.15, 0.2) is 12.1 Å². The van der Waals surface area contributed by atoms with E-state index >= 15 is 0 Å². The minimum atomic E-state index is -1.10. The number of nitrogens with zero attached hydrogens (tertiary/aromatic N) is 1. The van der Waals surface area contributed by atoms with Crippen LogP contribution in [0, 0.1) is 23.0 Å². The van der Waals surface area contributed by atoms with Crippen LogP contribution in [-0.4, -0.2) is 19.3 Å². The lowest BCUT2D eigenvalue weighted by Crippen LogP contribution is -2.30. The van der Waals surface area contributed by atoms with Gasteiger partial charge in [0.05, 0.1) is 23.4 Å². The zero-order valence-electron chi connectivity index (χ0n) is 10.0. The Morgan fingerprint density at radius 3 is 2.78 bits per heavy atom. The molecule has 0 heterocycles. The third-order valence-corrected chi connectivity index (χ3v) is 3.30. The molecule has 2 atom stereocenters. The van der Waals surface area contributed by atoms with E-state index in [0.717, 1.165) is 19.3 Å². The van der Waals surface area contributed by atoms with E-state index in [0.29, 0.717) is 0 Å². The smallest absolute Gasteiger partial charge is 0.183 e. The van der Waals surface area contributed by atoms with Crippen LogP contribution in [-0.2, 0) is 4.74 Å². The largest absolute Gasteiger partial charge is 0.379 e. The Labute approximate surface area is 104 Å². The molecule has 0 aromatic heterocycles. The number of ether oxygens (including phenoxy) is 1. The molecule has 0 amide bonds. The number of benzene rings is 1. The Bertz CT molecular complexity index is 485. The Morgan fingerprint density at radius 2 is 2.11 bits per heavy atom. The molecule has 1 aromatic rings. The topological polar surface area (TPSA) is 45.0 Å². The minimum absolute atomic E-state index is 0.0168. The summed E-state index contributed by atoms with van der Waals surface area (Å²) in [6.07, 6.45) is 2.79. The van der Waals surface area contributed by atoms with Crippen LogP contribution in [0.25, 0.3) is 0 Å². The first kappa shape index (κ1) is 12.8. The molecule has 2 rings (SSSR count). The van der Waals surface area contributed by atoms with Crippen molar-refractivity contribution in [2.24, 2.45) is 0 Å². The molecular formula is C13H14F2N2O. The lowest BCUT2D eigenvalue weighted by Gasteiger charge is -2.21. The maximum atomic E-state index is 13.7. The highest BCUT2D eigenvalue weighted by Gasteiger charge is 2.28. The van der Waals surface area contributed by atoms with Crippen molar-refractivity contribution < 1.29 is 13.5 Å². The zero-order valence-corrected chi connectivity index (χ0v) is 10.0. The fraction of sp³-hybridized carbons (Fsp3) is 0.462. The standard InChI is InChI=1S/C13H14F2N2O/c1-18-11-4-2-3-9(11)17-10-6-5-8(7-16)12(14)13(10)15/h5-6,9,11,17H,2-4H2,1H3. The first-order valence-corrected chi connectivity index (χ1v) is 5.84. The molecule has 5 heteroatoms. The summed E-state index contributed by atoms with van der Waals surface area (Å²) in [6.45, 7) is 0. The molecule has 18 heavy (non-hydrogen) atoms. The predicted molar refractivity (Wildman–Crippen MR) is 63.1 cm³/mol. The van der Waals surface area contributed by atoms with E-state index in [1.165, 1.54) is 12.1 Å². The summed E-state index contributed by atoms with van der Waals surface area (Å²) in [5.74, 6) is -2.11. The third-order valence-electron chi connectivity index (χ3n) is 3.30. The first-order valence-electron chi connectivity index (χ1n) is 5.84. The van der Waals surface area contributed by atoms with Crippen LogP contribution in [0.3, 0.4) is 0 Å². The van der Waals surface area contributed by atoms with Crippen LogP contribution in [0.4, 0.5) is 14.5 Å². The van der Waals surface area contributed by atoms with E-state index < -0.39 is 11.6 Å². The quantitative estimate of drug-likeness (QED) is 0.899. The molecule has 0 spiro atoms. The average molecular weight is 252 g/mol. The van der Waals surface area contributed by atoms with Crippen LogP contribution < -0.4 is 5.32 Å². The van der Waals surface area contributed by atoms with E-state index in [-0.39, 0.29) is 23.4 Å². The average Bonchev–Trinajstić information content (AvgIpc) is 2.82. The molecule has 1 saturated carbocycles. The second-order valence-electron chi connectivity index (χ2n) is 4.36. The van der Waals surface area contributed by atoms with E-state index in [9.17, 15) is 8.78 Å². The molecule has 2 unspecified atom stereocenters. The van der Waals surface area contributed by atoms with Crippen LogP contribution >= 0.6 is 0 Å². The summed E-state index contributed by atoms with van der Waals surface area (Å²) >= 11 is 0. The summed E-state index contributed by atoms with van der Waals surface area (Å²) < 4.78 is 32.4. The molecule has 1 N–H and O–H groups in total. The van der Waals surface area contributed by atoms with Crippen LogP contribution in [0.1, 0.15) is 24.8 Å². The van der Waals surface area contributed by atoms with Gasteiger partial charge in [0.2, 0.25) is 0 Å². The van der Waals surface area contributed by atoms with Crippen LogP contribution in [0.2, 0.25) is 0 Å². The summed E-state index contributed by atoms with van der Waals surface area (Å²) in [7, 11) is 1.61. The number of nitrogens with one attached hydrogen (secondary N) is 1. The van der Waals surface area contributed by atoms with Crippen molar-refractivity contribution in [3.8, 4) is 6.07 Å². The Balaban J connectivity index is 2.20. The third kappa shape index (κ3) is 2.29. The highest BCUT2D eigenvalue weighted by atomic mass is 19.2. The molecule has 1 aromatic carbocycles. The summed E-state index contributed by atoms with van der Waals surface area (Å²) in [5.41, 5.74) is -0.201. The molecule has 96 valence electrons. The van der Waals surface area contributed by atoms with Gasteiger partial charge in [-0.05, 0) is 31.4 Å². The molecule has 1 fully saturated rings. The normalized spacial score (nSPS) is 22.8. The number of methoxy groups -OCH3 is 1. The Kier molecular flexibility index (Phi) is 3.78. The summed E-state index contributed by atoms with van der Waals surface area (Å²) in [5, 5.41) is 11.6. The molecule has 0 saturated heterocycles. The van der Waals surface area contributed by atoms with Gasteiger partial charge in [0.1, 0.15) is 6.07 Å². The lowest BCUT2D eigenvalue weighted by molar-refractivity contribution is 0.101. The van der Waals surface area contributed by atoms with Crippen molar-refractivity contribution >= 4 is 5.69 Å². The van der Waals surface area contributed by atoms with Crippen molar-refractivity contribution in [1.29, 1.82) is 5.26 Å². The van der Waals surface area contributed by atoms with Gasteiger partial charge in [0.25, 0.3) is 0 Å². The molecule has 0 aliphatic heterocycles. The van der Waals surface area contributed by atoms with Crippen molar-refractivity contribution in [3.63, 3.8) is 0 Å². The fourth-order valence-electron chi connectivity index (χ4n) is 2.32. The van der Waals surface area contributed by atoms with Crippen molar-refractivity contribution in [2.45, 2.75) is 31.4 Å². The first-order chi connectivity index (χ1) is 8.67. The van der Waals surface area contributed by atoms with Gasteiger partial charge in [-0.25, -0.2) is 8.78 Å². The van der Waals surface area contributed by atoms with Gasteiger partial charge in [0.15, 0.2) is 11.6 Å². The number of hydrogen-bond acceptors (Lipinski definition) is 3. The summed E-state index contributed by atoms with van der Waals surface area (Å²) in [6, 6.07) is 4.26. The van der Waals surface area contributed by atoms with Gasteiger partial charge >= 0.3 is 0 Å². The second-order valence-corrected chi connectivity index (χ2v) is 4.36. The number of hydrogen-bond donors (Lipinski definition) is 1. The van der Waals surface area contributed by atoms with Gasteiger partial charge in [-0.15, -0.1) is 0 Å². The van der Waals surface area contributed by atoms with Gasteiger partial charge in [-0.2, -0.15) is 5.26 Å². The van der Waals surface area contributed by atoms with Crippen molar-refractivity contribution in [3.05, 3.63) is 29.3 Å². The highest BCUT2D eigenvalue weighted by Crippen LogP contribution is 2.27. The zero-order chi connectivity index (χ0) is 13.1. The number of halogens is 2. The monoisotopic (exact) mass is 252 g/mol. The van der Waals surface area contributed by atoms with E-state index in [4.69, 9.17) is 10.00 Å². The van der Waals surface area contributed by atoms with E-state index in [1.807, 2.05) is 0 Å². The Hall–Kier alpha value is -1.67. The van der Waals surface area contributed by atoms with Gasteiger partial charge in [-0.1, -0.05) is 0 Å². The molecule has 1 aliphatic rings. The summed E-state index contributed by atoms with van der Waals surface area (Å²) in [4.78, 5) is 0. The molecule has 0 radical (unpaired) electrons. The number of anilines is 1. The van der Waals surface area contributed by atoms with E-state index in [1.54, 1.807) is 13.2 Å². The Morgan fingerprint density at radius 1 is 1.33 bits per heavy atom. The number of rotatable bonds is 3. The molecule has 1 aliphatic carbocycles. The molecular weight excluding hydrogens is 238 g/mol. The fourth-order valence-corrected chi connectivity index (χ4v) is 2.32. The maximum Gasteiger partial charge on any atom is 0.183 e. The van der Waals surface area contributed by atoms with Crippen molar-refractivity contribution in [2.75, 3.05) is 12.4 Å². The highest BCUT2D eigenvalue weighted by molar-refractivity contribution is 5.50. The minimum Gasteiger partial charge on any atom is -0.379 e. The lowest BCUT2D eigenvalue weighted by atomic mass is 10.1. The molecule has 0 bridgehead atoms. The van der Waals surface area contributed by atoms with Crippen LogP contribution in [0.5, 0.6) is 0 Å². The number of nitriles is 1. The predicted octanol–water partition coefficient (Wildman–Crippen LogP) is 2.82. The SMILES string of the molecule is COC1CCCC1Nc1ccc(C#N)c(F)c1F. The van der Waals surface area contributed by atoms with Gasteiger partial charge in [-0.3, -0.25) is 0 Å². The van der Waals surface area contributed by atoms with Gasteiger partial charge in [0, 0.05) is 7.11 Å². The second kappa shape index (κ2) is 5.32. The van der Waals surface area contributed by atoms with Gasteiger partial charge < -0.3 is 10.1 Å². The molecule has 3 nitrogen and oxygen atoms in total. The van der Waals surface area contributed by atoms with Crippen molar-refractivity contribution in [1.82, 2.24) is 0 Å². The van der Waals surface area contributed by atoms with E-state index in [2.05, 4.69) is 5.32 Å². The maximum absolute atomic E-state index is 13.7.